The fourth-order valence-corrected chi connectivity index (χ4v) is 1.53. The molecule has 16 heavy (non-hydrogen) atoms. The first-order valence-corrected chi connectivity index (χ1v) is 6.06. The van der Waals surface area contributed by atoms with E-state index in [0.717, 1.165) is 19.3 Å². The van der Waals surface area contributed by atoms with Gasteiger partial charge in [0.1, 0.15) is 6.10 Å². The molecule has 0 aromatic carbocycles. The van der Waals surface area contributed by atoms with E-state index in [-0.39, 0.29) is 6.10 Å². The molecular formula is C12H26O4. The fraction of sp³-hybridized carbons (Fsp3) is 1.00. The highest BCUT2D eigenvalue weighted by atomic mass is 16.9. The highest BCUT2D eigenvalue weighted by Crippen LogP contribution is 2.24. The zero-order valence-corrected chi connectivity index (χ0v) is 11.2. The van der Waals surface area contributed by atoms with Gasteiger partial charge < -0.3 is 18.9 Å². The van der Waals surface area contributed by atoms with Crippen LogP contribution < -0.4 is 0 Å². The molecular weight excluding hydrogens is 208 g/mol. The summed E-state index contributed by atoms with van der Waals surface area (Å²) in [7, 11) is 3.16. The van der Waals surface area contributed by atoms with E-state index in [0.29, 0.717) is 13.2 Å². The minimum Gasteiger partial charge on any atom is -0.370 e. The Hall–Kier alpha value is -0.160. The van der Waals surface area contributed by atoms with Crippen LogP contribution in [-0.4, -0.2) is 39.5 Å². The molecule has 98 valence electrons. The largest absolute Gasteiger partial charge is 0.370 e. The molecule has 0 heterocycles. The van der Waals surface area contributed by atoms with E-state index >= 15 is 0 Å². The van der Waals surface area contributed by atoms with Crippen LogP contribution in [0, 0.1) is 0 Å². The average Bonchev–Trinajstić information content (AvgIpc) is 2.34. The number of ether oxygens (including phenoxy) is 4. The molecule has 0 saturated heterocycles. The number of hydrogen-bond donors (Lipinski definition) is 0. The van der Waals surface area contributed by atoms with Crippen molar-refractivity contribution in [2.75, 3.05) is 27.4 Å². The predicted octanol–water partition coefficient (Wildman–Crippen LogP) is 2.56. The number of methoxy groups -OCH3 is 2. The summed E-state index contributed by atoms with van der Waals surface area (Å²) in [6.45, 7) is 7.42. The second-order valence-corrected chi connectivity index (χ2v) is 3.63. The Morgan fingerprint density at radius 1 is 0.938 bits per heavy atom. The van der Waals surface area contributed by atoms with Gasteiger partial charge in [0, 0.05) is 20.8 Å². The first-order valence-electron chi connectivity index (χ1n) is 6.06. The van der Waals surface area contributed by atoms with Gasteiger partial charge in [-0.15, -0.1) is 0 Å². The molecule has 0 spiro atoms. The van der Waals surface area contributed by atoms with Crippen molar-refractivity contribution < 1.29 is 18.9 Å². The Labute approximate surface area is 99.2 Å². The minimum absolute atomic E-state index is 0.200. The van der Waals surface area contributed by atoms with Crippen molar-refractivity contribution in [3.63, 3.8) is 0 Å². The quantitative estimate of drug-likeness (QED) is 0.544. The van der Waals surface area contributed by atoms with Gasteiger partial charge in [0.2, 0.25) is 0 Å². The van der Waals surface area contributed by atoms with Gasteiger partial charge in [-0.3, -0.25) is 0 Å². The van der Waals surface area contributed by atoms with Crippen molar-refractivity contribution in [1.82, 2.24) is 0 Å². The zero-order valence-electron chi connectivity index (χ0n) is 11.2. The molecule has 0 aliphatic rings. The van der Waals surface area contributed by atoms with E-state index in [1.807, 2.05) is 13.8 Å². The molecule has 0 rings (SSSR count). The van der Waals surface area contributed by atoms with E-state index in [1.54, 1.807) is 14.2 Å². The third-order valence-corrected chi connectivity index (χ3v) is 2.36. The number of hydrogen-bond acceptors (Lipinski definition) is 4. The Morgan fingerprint density at radius 3 is 1.88 bits per heavy atom. The van der Waals surface area contributed by atoms with Gasteiger partial charge in [-0.05, 0) is 19.3 Å². The second kappa shape index (κ2) is 8.93. The summed E-state index contributed by atoms with van der Waals surface area (Å²) in [6, 6.07) is 0. The minimum atomic E-state index is -1.07. The molecule has 0 bridgehead atoms. The summed E-state index contributed by atoms with van der Waals surface area (Å²) in [5.74, 6) is -1.07. The zero-order chi connectivity index (χ0) is 12.4. The van der Waals surface area contributed by atoms with Crippen molar-refractivity contribution >= 4 is 0 Å². The maximum absolute atomic E-state index is 5.71. The van der Waals surface area contributed by atoms with Gasteiger partial charge >= 0.3 is 5.97 Å². The Balaban J connectivity index is 4.53. The van der Waals surface area contributed by atoms with E-state index in [9.17, 15) is 0 Å². The van der Waals surface area contributed by atoms with Gasteiger partial charge in [0.05, 0.1) is 6.61 Å². The van der Waals surface area contributed by atoms with Crippen molar-refractivity contribution in [2.45, 2.75) is 52.1 Å². The summed E-state index contributed by atoms with van der Waals surface area (Å²) in [5.41, 5.74) is 0. The van der Waals surface area contributed by atoms with Gasteiger partial charge in [-0.2, -0.15) is 0 Å². The smallest absolute Gasteiger partial charge is 0.310 e. The average molecular weight is 234 g/mol. The third kappa shape index (κ3) is 4.37. The van der Waals surface area contributed by atoms with E-state index in [4.69, 9.17) is 18.9 Å². The topological polar surface area (TPSA) is 36.9 Å². The van der Waals surface area contributed by atoms with E-state index in [1.165, 1.54) is 0 Å². The van der Waals surface area contributed by atoms with Crippen molar-refractivity contribution in [2.24, 2.45) is 0 Å². The summed E-state index contributed by atoms with van der Waals surface area (Å²) < 4.78 is 22.1. The SMILES string of the molecule is CCCOC(CC)C(OC)(OC)OCCC. The van der Waals surface area contributed by atoms with Gasteiger partial charge in [0.25, 0.3) is 0 Å². The highest BCUT2D eigenvalue weighted by molar-refractivity contribution is 4.70. The lowest BCUT2D eigenvalue weighted by molar-refractivity contribution is -0.402. The monoisotopic (exact) mass is 234 g/mol. The van der Waals surface area contributed by atoms with Crippen LogP contribution in [-0.2, 0) is 18.9 Å². The van der Waals surface area contributed by atoms with Crippen LogP contribution >= 0.6 is 0 Å². The second-order valence-electron chi connectivity index (χ2n) is 3.63. The normalized spacial score (nSPS) is 14.1. The van der Waals surface area contributed by atoms with Crippen LogP contribution in [0.3, 0.4) is 0 Å². The van der Waals surface area contributed by atoms with Gasteiger partial charge in [-0.1, -0.05) is 20.8 Å². The lowest BCUT2D eigenvalue weighted by Gasteiger charge is -2.36. The van der Waals surface area contributed by atoms with Crippen molar-refractivity contribution in [3.8, 4) is 0 Å². The van der Waals surface area contributed by atoms with E-state index < -0.39 is 5.97 Å². The van der Waals surface area contributed by atoms with Gasteiger partial charge in [0.15, 0.2) is 0 Å². The lowest BCUT2D eigenvalue weighted by Crippen LogP contribution is -2.50. The van der Waals surface area contributed by atoms with Crippen LogP contribution in [0.5, 0.6) is 0 Å². The predicted molar refractivity (Wildman–Crippen MR) is 63.3 cm³/mol. The fourth-order valence-electron chi connectivity index (χ4n) is 1.53. The Bertz CT molecular complexity index is 157. The molecule has 4 heteroatoms. The Morgan fingerprint density at radius 2 is 1.50 bits per heavy atom. The highest BCUT2D eigenvalue weighted by Gasteiger charge is 2.40. The molecule has 0 saturated carbocycles. The molecule has 0 amide bonds. The molecule has 1 unspecified atom stereocenters. The van der Waals surface area contributed by atoms with Crippen molar-refractivity contribution in [3.05, 3.63) is 0 Å². The lowest BCUT2D eigenvalue weighted by atomic mass is 10.2. The summed E-state index contributed by atoms with van der Waals surface area (Å²) >= 11 is 0. The number of rotatable bonds is 10. The molecule has 0 fully saturated rings. The first-order chi connectivity index (χ1) is 7.70. The molecule has 0 N–H and O–H groups in total. The first kappa shape index (κ1) is 15.8. The molecule has 0 aliphatic carbocycles. The van der Waals surface area contributed by atoms with Crippen LogP contribution in [0.15, 0.2) is 0 Å². The molecule has 1 atom stereocenters. The van der Waals surface area contributed by atoms with Gasteiger partial charge in [-0.25, -0.2) is 0 Å². The standard InChI is InChI=1S/C12H26O4/c1-6-9-15-11(8-3)12(13-4,14-5)16-10-7-2/h11H,6-10H2,1-5H3. The van der Waals surface area contributed by atoms with Crippen molar-refractivity contribution in [1.29, 1.82) is 0 Å². The van der Waals surface area contributed by atoms with Crippen LogP contribution in [0.1, 0.15) is 40.0 Å². The molecule has 4 nitrogen and oxygen atoms in total. The molecule has 0 radical (unpaired) electrons. The van der Waals surface area contributed by atoms with Crippen LogP contribution in [0.4, 0.5) is 0 Å². The maximum Gasteiger partial charge on any atom is 0.310 e. The summed E-state index contributed by atoms with van der Waals surface area (Å²) in [5, 5.41) is 0. The Kier molecular flexibility index (Phi) is 8.84. The summed E-state index contributed by atoms with van der Waals surface area (Å²) in [6.07, 6.45) is 2.46. The molecule has 0 aromatic heterocycles. The molecule has 0 aliphatic heterocycles. The molecule has 0 aromatic rings. The maximum atomic E-state index is 5.71. The summed E-state index contributed by atoms with van der Waals surface area (Å²) in [4.78, 5) is 0. The van der Waals surface area contributed by atoms with Crippen LogP contribution in [0.25, 0.3) is 0 Å². The van der Waals surface area contributed by atoms with E-state index in [2.05, 4.69) is 6.92 Å². The third-order valence-electron chi connectivity index (χ3n) is 2.36. The van der Waals surface area contributed by atoms with Crippen LogP contribution in [0.2, 0.25) is 0 Å².